The van der Waals surface area contributed by atoms with Crippen molar-refractivity contribution in [1.82, 2.24) is 19.6 Å². The van der Waals surface area contributed by atoms with Crippen molar-refractivity contribution in [2.45, 2.75) is 83.6 Å². The maximum absolute atomic E-state index is 12.2. The van der Waals surface area contributed by atoms with Gasteiger partial charge in [-0.15, -0.1) is 0 Å². The number of hydrogen-bond acceptors (Lipinski definition) is 8. The number of rotatable bonds is 12. The molecule has 2 saturated heterocycles. The summed E-state index contributed by atoms with van der Waals surface area (Å²) >= 11 is 0. The molecule has 0 amide bonds. The van der Waals surface area contributed by atoms with Gasteiger partial charge in [-0.3, -0.25) is 9.80 Å². The van der Waals surface area contributed by atoms with Crippen LogP contribution in [0.25, 0.3) is 5.57 Å². The predicted molar refractivity (Wildman–Crippen MR) is 224 cm³/mol. The average molecular weight is 771 g/mol. The Morgan fingerprint density at radius 2 is 1.47 bits per heavy atom. The number of hydrogen-bond donors (Lipinski definition) is 0. The van der Waals surface area contributed by atoms with Gasteiger partial charge in [-0.1, -0.05) is 87.4 Å². The van der Waals surface area contributed by atoms with Gasteiger partial charge < -0.3 is 14.5 Å². The topological polar surface area (TPSA) is 73.4 Å². The van der Waals surface area contributed by atoms with Crippen LogP contribution in [0.4, 0.5) is 0 Å². The van der Waals surface area contributed by atoms with Gasteiger partial charge >= 0.3 is 5.97 Å². The van der Waals surface area contributed by atoms with Gasteiger partial charge in [0.05, 0.1) is 24.2 Å². The summed E-state index contributed by atoms with van der Waals surface area (Å²) in [6.45, 7) is 18.3. The Balaban J connectivity index is 1.04. The van der Waals surface area contributed by atoms with Crippen molar-refractivity contribution >= 4 is 21.4 Å². The van der Waals surface area contributed by atoms with Crippen LogP contribution < -0.4 is 0 Å². The molecule has 1 atom stereocenters. The van der Waals surface area contributed by atoms with Crippen molar-refractivity contribution in [2.24, 2.45) is 10.8 Å². The van der Waals surface area contributed by atoms with E-state index in [1.54, 1.807) is 5.57 Å². The average Bonchev–Trinajstić information content (AvgIpc) is 3.20. The molecule has 2 aromatic carbocycles. The molecule has 2 aliphatic carbocycles. The number of carbonyl (C=O) groups excluding carboxylic acids is 1. The molecule has 0 unspecified atom stereocenters. The molecule has 5 aliphatic rings. The summed E-state index contributed by atoms with van der Waals surface area (Å²) in [5, 5.41) is 0. The van der Waals surface area contributed by atoms with Gasteiger partial charge in [0.2, 0.25) is 0 Å². The second kappa shape index (κ2) is 17.0. The van der Waals surface area contributed by atoms with Gasteiger partial charge in [-0.2, -0.15) is 0 Å². The zero-order chi connectivity index (χ0) is 38.7. The third-order valence-corrected chi connectivity index (χ3v) is 15.8. The largest absolute Gasteiger partial charge is 0.465 e. The van der Waals surface area contributed by atoms with E-state index >= 15 is 0 Å². The fourth-order valence-electron chi connectivity index (χ4n) is 10.9. The normalized spacial score (nSPS) is 28.9. The molecule has 0 spiro atoms. The van der Waals surface area contributed by atoms with E-state index in [-0.39, 0.29) is 22.2 Å². The highest BCUT2D eigenvalue weighted by Crippen LogP contribution is 2.56. The number of esters is 1. The number of carbonyl (C=O) groups is 1. The fourth-order valence-corrected chi connectivity index (χ4v) is 12.2. The molecule has 8 nitrogen and oxygen atoms in total. The summed E-state index contributed by atoms with van der Waals surface area (Å²) in [6, 6.07) is 19.9. The predicted octanol–water partition coefficient (Wildman–Crippen LogP) is 6.93. The first kappa shape index (κ1) is 40.4. The van der Waals surface area contributed by atoms with Crippen LogP contribution in [-0.2, 0) is 20.0 Å². The molecule has 3 aliphatic heterocycles. The Morgan fingerprint density at radius 3 is 2.11 bits per heavy atom. The number of piperidine rings is 1. The zero-order valence-corrected chi connectivity index (χ0v) is 34.9. The second-order valence-corrected chi connectivity index (χ2v) is 20.5. The lowest BCUT2D eigenvalue weighted by molar-refractivity contribution is 0.0600. The van der Waals surface area contributed by atoms with Crippen LogP contribution in [0.5, 0.6) is 0 Å². The lowest BCUT2D eigenvalue weighted by Crippen LogP contribution is -2.53. The van der Waals surface area contributed by atoms with Crippen molar-refractivity contribution < 1.29 is 17.9 Å². The monoisotopic (exact) mass is 770 g/mol. The third kappa shape index (κ3) is 9.17. The Hall–Kier alpha value is -2.82. The van der Waals surface area contributed by atoms with E-state index in [9.17, 15) is 13.2 Å². The smallest absolute Gasteiger partial charge is 0.337 e. The first-order valence-electron chi connectivity index (χ1n) is 21.2. The maximum Gasteiger partial charge on any atom is 0.337 e. The van der Waals surface area contributed by atoms with Gasteiger partial charge in [0.1, 0.15) is 0 Å². The minimum absolute atomic E-state index is 0.0875. The summed E-state index contributed by atoms with van der Waals surface area (Å²) in [5.74, 6) is 0.293. The summed E-state index contributed by atoms with van der Waals surface area (Å²) in [5.41, 5.74) is 6.26. The molecule has 9 heteroatoms. The summed E-state index contributed by atoms with van der Waals surface area (Å²) in [4.78, 5) is 22.7. The van der Waals surface area contributed by atoms with Crippen LogP contribution in [-0.4, -0.2) is 131 Å². The van der Waals surface area contributed by atoms with Gasteiger partial charge in [0.25, 0.3) is 0 Å². The molecule has 0 aromatic heterocycles. The van der Waals surface area contributed by atoms with E-state index in [0.29, 0.717) is 36.2 Å². The third-order valence-electron chi connectivity index (χ3n) is 14.1. The zero-order valence-electron chi connectivity index (χ0n) is 34.1. The van der Waals surface area contributed by atoms with E-state index in [2.05, 4.69) is 95.0 Å². The molecule has 55 heavy (non-hydrogen) atoms. The van der Waals surface area contributed by atoms with Crippen LogP contribution in [0.3, 0.4) is 0 Å². The van der Waals surface area contributed by atoms with Gasteiger partial charge in [-0.25, -0.2) is 13.2 Å². The number of likely N-dealkylation sites (tertiary alicyclic amines) is 1. The minimum atomic E-state index is -2.88. The highest BCUT2D eigenvalue weighted by Gasteiger charge is 2.48. The van der Waals surface area contributed by atoms with Gasteiger partial charge in [-0.05, 0) is 86.9 Å². The molecule has 2 aromatic rings. The standard InChI is InChI=1S/C46H66N4O4S/c1-44(2)41(37-13-15-38(16-14-37)43(51)54-4)19-21-45(3)35-50(26-20-42(44)45)40-17-22-46(23-18-40,39-11-7-5-8-12-39)36-49(29-27-47-24-9-6-10-25-47)30-28-48-31-33-55(52,53)34-32-48/h5,7-8,11-16,19-20,40H,6,9-10,17-18,21-36H2,1-4H3/t40?,45-,46?/m1/s1. The second-order valence-electron chi connectivity index (χ2n) is 18.2. The maximum atomic E-state index is 12.2. The van der Waals surface area contributed by atoms with Crippen LogP contribution in [0, 0.1) is 10.8 Å². The number of methoxy groups -OCH3 is 1. The molecule has 0 N–H and O–H groups in total. The SMILES string of the molecule is COC(=O)c1ccc(C2=CC[C@]3(C)CN(C4CCC(CN(CCN5CCCCC5)CCN5CCS(=O)(=O)CC5)(c5ccccc5)CC4)CC=C3C2(C)C)cc1. The Kier molecular flexibility index (Phi) is 12.4. The molecule has 1 saturated carbocycles. The van der Waals surface area contributed by atoms with E-state index in [1.165, 1.54) is 81.8 Å². The van der Waals surface area contributed by atoms with E-state index < -0.39 is 9.84 Å². The van der Waals surface area contributed by atoms with Crippen LogP contribution in [0.2, 0.25) is 0 Å². The van der Waals surface area contributed by atoms with Crippen molar-refractivity contribution in [1.29, 1.82) is 0 Å². The number of fused-ring (bicyclic) bond motifs is 1. The van der Waals surface area contributed by atoms with Crippen molar-refractivity contribution in [3.8, 4) is 0 Å². The van der Waals surface area contributed by atoms with Crippen molar-refractivity contribution in [3.63, 3.8) is 0 Å². The summed E-state index contributed by atoms with van der Waals surface area (Å²) in [7, 11) is -1.45. The first-order chi connectivity index (χ1) is 26.4. The quantitative estimate of drug-likeness (QED) is 0.170. The van der Waals surface area contributed by atoms with Gasteiger partial charge in [0.15, 0.2) is 9.84 Å². The number of sulfone groups is 1. The molecule has 0 bridgehead atoms. The highest BCUT2D eigenvalue weighted by molar-refractivity contribution is 7.91. The highest BCUT2D eigenvalue weighted by atomic mass is 32.2. The number of ether oxygens (including phenoxy) is 1. The first-order valence-corrected chi connectivity index (χ1v) is 23.0. The number of nitrogens with zero attached hydrogens (tertiary/aromatic N) is 4. The number of benzene rings is 2. The van der Waals surface area contributed by atoms with Gasteiger partial charge in [0, 0.05) is 81.2 Å². The van der Waals surface area contributed by atoms with Crippen molar-refractivity contribution in [2.75, 3.05) is 90.6 Å². The van der Waals surface area contributed by atoms with Crippen LogP contribution >= 0.6 is 0 Å². The Morgan fingerprint density at radius 1 is 0.836 bits per heavy atom. The molecular formula is C46H66N4O4S. The lowest BCUT2D eigenvalue weighted by Gasteiger charge is -2.53. The number of allylic oxidation sites excluding steroid dienone is 2. The molecule has 3 heterocycles. The fraction of sp³-hybridized carbons (Fsp3) is 0.630. The van der Waals surface area contributed by atoms with E-state index in [1.807, 2.05) is 12.1 Å². The molecule has 0 radical (unpaired) electrons. The van der Waals surface area contributed by atoms with E-state index in [0.717, 1.165) is 52.2 Å². The minimum Gasteiger partial charge on any atom is -0.465 e. The summed E-state index contributed by atoms with van der Waals surface area (Å²) in [6.07, 6.45) is 14.8. The lowest BCUT2D eigenvalue weighted by atomic mass is 9.58. The van der Waals surface area contributed by atoms with Crippen LogP contribution in [0.15, 0.2) is 72.3 Å². The van der Waals surface area contributed by atoms with Crippen molar-refractivity contribution in [3.05, 3.63) is 89.0 Å². The summed E-state index contributed by atoms with van der Waals surface area (Å²) < 4.78 is 29.3. The molecule has 3 fully saturated rings. The molecule has 300 valence electrons. The van der Waals surface area contributed by atoms with Crippen LogP contribution in [0.1, 0.15) is 93.6 Å². The Labute approximate surface area is 331 Å². The molecular weight excluding hydrogens is 705 g/mol. The van der Waals surface area contributed by atoms with E-state index in [4.69, 9.17) is 4.74 Å². The Bertz CT molecular complexity index is 1780. The molecule has 7 rings (SSSR count).